The van der Waals surface area contributed by atoms with Gasteiger partial charge in [0.15, 0.2) is 0 Å². The third kappa shape index (κ3) is 1.08. The Morgan fingerprint density at radius 3 is 3.33 bits per heavy atom. The first kappa shape index (κ1) is 7.61. The van der Waals surface area contributed by atoms with Gasteiger partial charge in [0.1, 0.15) is 6.61 Å². The highest BCUT2D eigenvalue weighted by atomic mass is 16.5. The summed E-state index contributed by atoms with van der Waals surface area (Å²) in [5.74, 6) is 0.918. The number of nitrogens with one attached hydrogen (secondary N) is 1. The van der Waals surface area contributed by atoms with Crippen LogP contribution in [0.15, 0.2) is 6.20 Å². The van der Waals surface area contributed by atoms with Gasteiger partial charge in [-0.05, 0) is 14.0 Å². The van der Waals surface area contributed by atoms with Gasteiger partial charge in [0.2, 0.25) is 5.88 Å². The molecule has 0 radical (unpaired) electrons. The molecule has 1 N–H and O–H groups in total. The summed E-state index contributed by atoms with van der Waals surface area (Å²) in [4.78, 5) is 0. The second kappa shape index (κ2) is 2.79. The molecule has 66 valence electrons. The summed E-state index contributed by atoms with van der Waals surface area (Å²) >= 11 is 0. The average molecular weight is 167 g/mol. The quantitative estimate of drug-likeness (QED) is 0.648. The zero-order chi connectivity index (χ0) is 8.55. The van der Waals surface area contributed by atoms with E-state index in [4.69, 9.17) is 4.74 Å². The van der Waals surface area contributed by atoms with E-state index in [1.54, 1.807) is 0 Å². The molecule has 4 nitrogen and oxygen atoms in total. The first-order valence-corrected chi connectivity index (χ1v) is 4.13. The van der Waals surface area contributed by atoms with Crippen LogP contribution in [0.5, 0.6) is 5.88 Å². The van der Waals surface area contributed by atoms with Crippen LogP contribution >= 0.6 is 0 Å². The third-order valence-electron chi connectivity index (χ3n) is 2.19. The van der Waals surface area contributed by atoms with Gasteiger partial charge >= 0.3 is 0 Å². The number of rotatable bonds is 1. The average Bonchev–Trinajstić information content (AvgIpc) is 2.47. The molecular weight excluding hydrogens is 154 g/mol. The number of ether oxygens (including phenoxy) is 1. The fraction of sp³-hybridized carbons (Fsp3) is 0.625. The van der Waals surface area contributed by atoms with Crippen LogP contribution in [0.3, 0.4) is 0 Å². The number of aromatic nitrogens is 2. The zero-order valence-corrected chi connectivity index (χ0v) is 7.37. The van der Waals surface area contributed by atoms with Crippen LogP contribution in [0.25, 0.3) is 0 Å². The molecule has 4 heteroatoms. The molecule has 1 aromatic heterocycles. The van der Waals surface area contributed by atoms with Crippen molar-refractivity contribution in [1.82, 2.24) is 15.1 Å². The molecule has 0 aromatic carbocycles. The molecule has 0 saturated carbocycles. The Balaban J connectivity index is 2.24. The Hall–Kier alpha value is -1.03. The molecule has 2 rings (SSSR count). The third-order valence-corrected chi connectivity index (χ3v) is 2.19. The number of hydrogen-bond acceptors (Lipinski definition) is 3. The van der Waals surface area contributed by atoms with Crippen molar-refractivity contribution in [3.63, 3.8) is 0 Å². The standard InChI is InChI=1S/C8H13N3O/c1-6-3-10-11-4-7(9-2)5-12-8(6)11/h3,7,9H,4-5H2,1-2H3. The number of likely N-dealkylation sites (N-methyl/N-ethyl adjacent to an activating group) is 1. The van der Waals surface area contributed by atoms with E-state index in [9.17, 15) is 0 Å². The highest BCUT2D eigenvalue weighted by molar-refractivity contribution is 5.23. The predicted octanol–water partition coefficient (Wildman–Crippen LogP) is 0.172. The summed E-state index contributed by atoms with van der Waals surface area (Å²) in [5.41, 5.74) is 1.12. The van der Waals surface area contributed by atoms with Gasteiger partial charge in [-0.2, -0.15) is 5.10 Å². The zero-order valence-electron chi connectivity index (χ0n) is 7.37. The van der Waals surface area contributed by atoms with E-state index < -0.39 is 0 Å². The van der Waals surface area contributed by atoms with E-state index in [1.807, 2.05) is 24.9 Å². The minimum absolute atomic E-state index is 0.386. The Kier molecular flexibility index (Phi) is 1.77. The van der Waals surface area contributed by atoms with Crippen molar-refractivity contribution >= 4 is 0 Å². The number of aryl methyl sites for hydroxylation is 1. The lowest BCUT2D eigenvalue weighted by Crippen LogP contribution is -2.39. The minimum Gasteiger partial charge on any atom is -0.476 e. The van der Waals surface area contributed by atoms with Gasteiger partial charge in [0, 0.05) is 5.56 Å². The molecule has 1 aliphatic heterocycles. The maximum absolute atomic E-state index is 5.54. The van der Waals surface area contributed by atoms with E-state index in [0.29, 0.717) is 6.04 Å². The molecule has 0 saturated heterocycles. The number of hydrogen-bond donors (Lipinski definition) is 1. The van der Waals surface area contributed by atoms with Crippen LogP contribution < -0.4 is 10.1 Å². The second-order valence-electron chi connectivity index (χ2n) is 3.11. The molecule has 2 heterocycles. The summed E-state index contributed by atoms with van der Waals surface area (Å²) < 4.78 is 7.44. The first-order chi connectivity index (χ1) is 5.81. The van der Waals surface area contributed by atoms with E-state index in [1.165, 1.54) is 0 Å². The van der Waals surface area contributed by atoms with E-state index >= 15 is 0 Å². The van der Waals surface area contributed by atoms with Crippen molar-refractivity contribution in [3.8, 4) is 5.88 Å². The van der Waals surface area contributed by atoms with Crippen molar-refractivity contribution in [1.29, 1.82) is 0 Å². The van der Waals surface area contributed by atoms with Gasteiger partial charge in [0.05, 0.1) is 18.8 Å². The minimum atomic E-state index is 0.386. The summed E-state index contributed by atoms with van der Waals surface area (Å²) in [7, 11) is 1.94. The Bertz CT molecular complexity index is 282. The molecule has 1 aliphatic rings. The van der Waals surface area contributed by atoms with Crippen molar-refractivity contribution in [2.24, 2.45) is 0 Å². The fourth-order valence-corrected chi connectivity index (χ4v) is 1.40. The van der Waals surface area contributed by atoms with E-state index in [2.05, 4.69) is 10.4 Å². The van der Waals surface area contributed by atoms with Crippen LogP contribution in [0.4, 0.5) is 0 Å². The molecular formula is C8H13N3O. The summed E-state index contributed by atoms with van der Waals surface area (Å²) in [6, 6.07) is 0.386. The highest BCUT2D eigenvalue weighted by Crippen LogP contribution is 2.20. The topological polar surface area (TPSA) is 39.1 Å². The normalized spacial score (nSPS) is 21.7. The number of fused-ring (bicyclic) bond motifs is 1. The molecule has 1 atom stereocenters. The largest absolute Gasteiger partial charge is 0.476 e. The molecule has 1 aromatic rings. The van der Waals surface area contributed by atoms with Gasteiger partial charge in [-0.3, -0.25) is 0 Å². The molecule has 0 bridgehead atoms. The van der Waals surface area contributed by atoms with Crippen molar-refractivity contribution < 1.29 is 4.74 Å². The molecule has 1 unspecified atom stereocenters. The fourth-order valence-electron chi connectivity index (χ4n) is 1.40. The Labute approximate surface area is 71.5 Å². The van der Waals surface area contributed by atoms with Crippen molar-refractivity contribution in [2.75, 3.05) is 13.7 Å². The molecule has 0 amide bonds. The Morgan fingerprint density at radius 1 is 1.75 bits per heavy atom. The lowest BCUT2D eigenvalue weighted by molar-refractivity contribution is 0.188. The molecule has 0 aliphatic carbocycles. The predicted molar refractivity (Wildman–Crippen MR) is 45.3 cm³/mol. The van der Waals surface area contributed by atoms with Gasteiger partial charge in [-0.15, -0.1) is 0 Å². The maximum Gasteiger partial charge on any atom is 0.214 e. The summed E-state index contributed by atoms with van der Waals surface area (Å²) in [5, 5.41) is 7.37. The maximum atomic E-state index is 5.54. The first-order valence-electron chi connectivity index (χ1n) is 4.13. The van der Waals surface area contributed by atoms with Crippen molar-refractivity contribution in [2.45, 2.75) is 19.5 Å². The van der Waals surface area contributed by atoms with E-state index in [0.717, 1.165) is 24.6 Å². The van der Waals surface area contributed by atoms with E-state index in [-0.39, 0.29) is 0 Å². The second-order valence-corrected chi connectivity index (χ2v) is 3.11. The van der Waals surface area contributed by atoms with Crippen LogP contribution in [-0.4, -0.2) is 29.5 Å². The molecule has 0 spiro atoms. The number of nitrogens with zero attached hydrogens (tertiary/aromatic N) is 2. The molecule has 0 fully saturated rings. The summed E-state index contributed by atoms with van der Waals surface area (Å²) in [6.45, 7) is 3.65. The van der Waals surface area contributed by atoms with Gasteiger partial charge < -0.3 is 10.1 Å². The molecule has 12 heavy (non-hydrogen) atoms. The van der Waals surface area contributed by atoms with Crippen molar-refractivity contribution in [3.05, 3.63) is 11.8 Å². The highest BCUT2D eigenvalue weighted by Gasteiger charge is 2.19. The Morgan fingerprint density at radius 2 is 2.58 bits per heavy atom. The lowest BCUT2D eigenvalue weighted by Gasteiger charge is -2.23. The van der Waals surface area contributed by atoms with Gasteiger partial charge in [-0.25, -0.2) is 4.68 Å². The smallest absolute Gasteiger partial charge is 0.214 e. The SMILES string of the molecule is CNC1COc2c(C)cnn2C1. The van der Waals surface area contributed by atoms with Crippen LogP contribution in [0, 0.1) is 6.92 Å². The van der Waals surface area contributed by atoms with Crippen LogP contribution in [0.2, 0.25) is 0 Å². The van der Waals surface area contributed by atoms with Gasteiger partial charge in [-0.1, -0.05) is 0 Å². The van der Waals surface area contributed by atoms with Crippen LogP contribution in [-0.2, 0) is 6.54 Å². The van der Waals surface area contributed by atoms with Crippen LogP contribution in [0.1, 0.15) is 5.56 Å². The van der Waals surface area contributed by atoms with Gasteiger partial charge in [0.25, 0.3) is 0 Å². The monoisotopic (exact) mass is 167 g/mol. The summed E-state index contributed by atoms with van der Waals surface area (Å²) in [6.07, 6.45) is 1.84. The lowest BCUT2D eigenvalue weighted by atomic mass is 10.3.